The second kappa shape index (κ2) is 46.2. The average Bonchev–Trinajstić information content (AvgIpc) is 3.85. The van der Waals surface area contributed by atoms with Crippen LogP contribution in [0.1, 0.15) is 19.4 Å². The molecule has 12 rings (SSSR count). The maximum Gasteiger partial charge on any atom is 0.155 e. The number of halogens is 8. The van der Waals surface area contributed by atoms with Gasteiger partial charge < -0.3 is 40.1 Å². The first-order chi connectivity index (χ1) is 43.0. The second-order valence-electron chi connectivity index (χ2n) is 17.9. The molecule has 6 aromatic carbocycles. The zero-order valence-corrected chi connectivity index (χ0v) is 61.0. The first kappa shape index (κ1) is 84.1. The van der Waals surface area contributed by atoms with E-state index in [0.29, 0.717) is 22.6 Å². The topological polar surface area (TPSA) is 135 Å². The molecule has 6 heterocycles. The molecule has 12 aromatic rings. The van der Waals surface area contributed by atoms with E-state index in [1.165, 1.54) is 68.5 Å². The molecule has 6 aromatic heterocycles. The number of aliphatic hydroxyl groups excluding tert-OH is 2. The van der Waals surface area contributed by atoms with E-state index >= 15 is 0 Å². The molecule has 0 aliphatic heterocycles. The molecule has 0 unspecified atom stereocenters. The van der Waals surface area contributed by atoms with Crippen LogP contribution >= 0.6 is 0 Å². The number of aliphatic hydroxyl groups is 2. The van der Waals surface area contributed by atoms with Gasteiger partial charge in [-0.3, -0.25) is 39.9 Å². The van der Waals surface area contributed by atoms with Crippen molar-refractivity contribution in [2.75, 3.05) is 0 Å². The maximum absolute atomic E-state index is 13.2. The van der Waals surface area contributed by atoms with Gasteiger partial charge in [0.15, 0.2) is 5.78 Å². The van der Waals surface area contributed by atoms with E-state index in [1.54, 1.807) is 110 Å². The Hall–Kier alpha value is -7.92. The fourth-order valence-corrected chi connectivity index (χ4v) is 7.14. The van der Waals surface area contributed by atoms with Crippen LogP contribution in [0.5, 0.6) is 0 Å². The summed E-state index contributed by atoms with van der Waals surface area (Å²) in [5, 5.41) is 17.3. The number of carbonyl (C=O) groups is 1. The molecule has 0 amide bonds. The Morgan fingerprint density at radius 1 is 0.362 bits per heavy atom. The summed E-state index contributed by atoms with van der Waals surface area (Å²) in [6, 6.07) is 67.9. The molecule has 493 valence electrons. The van der Waals surface area contributed by atoms with Gasteiger partial charge in [-0.05, 0) is 90.0 Å². The molecule has 9 nitrogen and oxygen atoms in total. The monoisotopic (exact) mass is 2160 g/mol. The van der Waals surface area contributed by atoms with Crippen molar-refractivity contribution in [1.29, 1.82) is 0 Å². The van der Waals surface area contributed by atoms with Gasteiger partial charge in [-0.2, -0.15) is 0 Å². The average molecular weight is 2160 g/mol. The van der Waals surface area contributed by atoms with Crippen molar-refractivity contribution in [2.45, 2.75) is 20.5 Å². The first-order valence-corrected chi connectivity index (χ1v) is 26.5. The Balaban J connectivity index is 0.000000548. The number of hydrogen-bond acceptors (Lipinski definition) is 9. The number of pyridine rings is 6. The van der Waals surface area contributed by atoms with Crippen molar-refractivity contribution in [1.82, 2.24) is 29.9 Å². The molecule has 0 saturated carbocycles. The number of allylic oxidation sites excluding steroid dienone is 2. The molecule has 2 N–H and O–H groups in total. The summed E-state index contributed by atoms with van der Waals surface area (Å²) in [4.78, 5) is 34.4. The third-order valence-corrected chi connectivity index (χ3v) is 11.2. The minimum Gasteiger partial charge on any atom is -0.512 e. The van der Waals surface area contributed by atoms with E-state index in [4.69, 9.17) is 10.2 Å². The summed E-state index contributed by atoms with van der Waals surface area (Å²) in [6.45, 7) is 2.82. The van der Waals surface area contributed by atoms with Crippen LogP contribution in [0.4, 0.5) is 35.1 Å². The number of aromatic nitrogens is 6. The zero-order valence-electron chi connectivity index (χ0n) is 49.0. The SMILES string of the molecule is CC(=O)C=C(C)O.Fc1c[c-]c(-c2ccccn2)c(F)c1.Fc1c[c-]c(-c2ccccn2)c(F)c1.Fc1c[c-]c(-c2ccccn2)cc1.Fc1c[c-]c(-c2ccccn2)cc1.Fc1c[c-]c(-c2ccccn2)cc1.OCc1ccnc(-c2[c-]cc(F)cc2)c1.[Ir].[Ir].[Ir].[Ir].[Ir]. The van der Waals surface area contributed by atoms with Gasteiger partial charge in [-0.25, -0.2) is 0 Å². The molecular formula is C72H50F8Ir5N6O3-6. The van der Waals surface area contributed by atoms with Crippen LogP contribution in [0.2, 0.25) is 0 Å². The largest absolute Gasteiger partial charge is 0.512 e. The van der Waals surface area contributed by atoms with Crippen molar-refractivity contribution in [3.05, 3.63) is 338 Å². The predicted molar refractivity (Wildman–Crippen MR) is 324 cm³/mol. The molecule has 5 radical (unpaired) electrons. The molecule has 0 spiro atoms. The predicted octanol–water partition coefficient (Wildman–Crippen LogP) is 16.9. The van der Waals surface area contributed by atoms with Gasteiger partial charge in [0.25, 0.3) is 0 Å². The quantitative estimate of drug-likeness (QED) is 0.0660. The zero-order chi connectivity index (χ0) is 63.8. The van der Waals surface area contributed by atoms with Crippen LogP contribution in [-0.2, 0) is 112 Å². The minimum atomic E-state index is -0.649. The van der Waals surface area contributed by atoms with Gasteiger partial charge in [0.2, 0.25) is 0 Å². The fourth-order valence-electron chi connectivity index (χ4n) is 7.14. The van der Waals surface area contributed by atoms with Crippen LogP contribution in [-0.4, -0.2) is 45.9 Å². The van der Waals surface area contributed by atoms with Crippen LogP contribution < -0.4 is 0 Å². The van der Waals surface area contributed by atoms with E-state index in [-0.39, 0.29) is 153 Å². The number of ketones is 1. The molecule has 0 bridgehead atoms. The Kier molecular flexibility index (Phi) is 41.3. The van der Waals surface area contributed by atoms with E-state index in [0.717, 1.165) is 63.6 Å². The van der Waals surface area contributed by atoms with E-state index in [9.17, 15) is 39.9 Å². The van der Waals surface area contributed by atoms with Gasteiger partial charge in [0.05, 0.1) is 12.4 Å². The molecule has 94 heavy (non-hydrogen) atoms. The molecular weight excluding hydrogens is 2110 g/mol. The van der Waals surface area contributed by atoms with E-state index in [2.05, 4.69) is 66.3 Å². The summed E-state index contributed by atoms with van der Waals surface area (Å²) in [5.74, 6) is -3.79. The van der Waals surface area contributed by atoms with Crippen molar-refractivity contribution in [3.8, 4) is 67.5 Å². The summed E-state index contributed by atoms with van der Waals surface area (Å²) >= 11 is 0. The number of rotatable bonds is 8. The van der Waals surface area contributed by atoms with E-state index in [1.807, 2.05) is 54.6 Å². The van der Waals surface area contributed by atoms with Crippen molar-refractivity contribution < 1.29 is 151 Å². The molecule has 0 saturated heterocycles. The summed E-state index contributed by atoms with van der Waals surface area (Å²) in [7, 11) is 0. The second-order valence-corrected chi connectivity index (χ2v) is 17.9. The van der Waals surface area contributed by atoms with Crippen LogP contribution in [0.3, 0.4) is 0 Å². The van der Waals surface area contributed by atoms with Crippen molar-refractivity contribution in [3.63, 3.8) is 0 Å². The number of carbonyl (C=O) groups excluding carboxylic acids is 1. The molecule has 22 heteroatoms. The third-order valence-electron chi connectivity index (χ3n) is 11.2. The van der Waals surface area contributed by atoms with Gasteiger partial charge >= 0.3 is 0 Å². The number of benzene rings is 6. The first-order valence-electron chi connectivity index (χ1n) is 26.5. The van der Waals surface area contributed by atoms with Gasteiger partial charge in [-0.15, -0.1) is 144 Å². The Morgan fingerprint density at radius 3 is 0.883 bits per heavy atom. The summed E-state index contributed by atoms with van der Waals surface area (Å²) in [6.07, 6.45) is 11.0. The Bertz CT molecular complexity index is 3800. The third kappa shape index (κ3) is 30.4. The van der Waals surface area contributed by atoms with Crippen molar-refractivity contribution >= 4 is 5.78 Å². The molecule has 0 fully saturated rings. The van der Waals surface area contributed by atoms with Crippen LogP contribution in [0.25, 0.3) is 67.5 Å². The fraction of sp³-hybridized carbons (Fsp3) is 0.0417. The van der Waals surface area contributed by atoms with Crippen LogP contribution in [0, 0.1) is 82.9 Å². The normalized spacial score (nSPS) is 9.63. The maximum atomic E-state index is 13.2. The molecule has 0 aliphatic carbocycles. The van der Waals surface area contributed by atoms with Gasteiger partial charge in [0.1, 0.15) is 0 Å². The summed E-state index contributed by atoms with van der Waals surface area (Å²) < 4.78 is 102. The number of hydrogen-bond donors (Lipinski definition) is 2. The Morgan fingerprint density at radius 2 is 0.649 bits per heavy atom. The molecule has 0 atom stereocenters. The summed E-state index contributed by atoms with van der Waals surface area (Å²) in [5.41, 5.74) is 8.29. The van der Waals surface area contributed by atoms with Gasteiger partial charge in [-0.1, -0.05) is 90.0 Å². The van der Waals surface area contributed by atoms with Crippen molar-refractivity contribution in [2.24, 2.45) is 0 Å². The number of nitrogens with zero attached hydrogens (tertiary/aromatic N) is 6. The Labute approximate surface area is 606 Å². The standard InChI is InChI=1S/C12H9FNO.2C11H6F2N.3C11H7FN.C5H8O2.5Ir/c13-11-3-1-10(2-4-11)12-7-9(8-15)5-6-14-12;2*12-8-4-5-9(10(13)7-8)11-3-1-2-6-14-11;3*12-10-6-4-9(5-7-10)11-3-1-2-8-13-11;1-4(6)3-5(2)7;;;;;/h1,3-7,15H,8H2;2*1-4,6-7H;3*1-4,6-8H;3,6H,1-2H3;;;;;/q6*-1;;;;;;. The van der Waals surface area contributed by atoms with E-state index < -0.39 is 23.3 Å². The van der Waals surface area contributed by atoms with Gasteiger partial charge in [0, 0.05) is 190 Å². The van der Waals surface area contributed by atoms with Crippen LogP contribution in [0.15, 0.2) is 249 Å². The minimum absolute atomic E-state index is 0. The molecule has 0 aliphatic rings. The smallest absolute Gasteiger partial charge is 0.155 e.